The Labute approximate surface area is 124 Å². The predicted molar refractivity (Wildman–Crippen MR) is 79.3 cm³/mol. The maximum absolute atomic E-state index is 12.5. The van der Waals surface area contributed by atoms with Crippen LogP contribution in [0.5, 0.6) is 0 Å². The molecule has 5 nitrogen and oxygen atoms in total. The fraction of sp³-hybridized carbons (Fsp3) is 0.625. The summed E-state index contributed by atoms with van der Waals surface area (Å²) in [6.45, 7) is 6.51. The second kappa shape index (κ2) is 4.90. The van der Waals surface area contributed by atoms with E-state index >= 15 is 0 Å². The van der Waals surface area contributed by atoms with Gasteiger partial charge in [-0.05, 0) is 51.7 Å². The quantitative estimate of drug-likeness (QED) is 0.798. The first-order valence-corrected chi connectivity index (χ1v) is 7.56. The average molecular weight is 290 g/mol. The highest BCUT2D eigenvalue weighted by Gasteiger charge is 2.30. The maximum atomic E-state index is 12.5. The molecule has 3 rings (SSSR count). The third-order valence-corrected chi connectivity index (χ3v) is 3.91. The Kier molecular flexibility index (Phi) is 3.30. The lowest BCUT2D eigenvalue weighted by molar-refractivity contribution is 0.0222. The Morgan fingerprint density at radius 1 is 1.33 bits per heavy atom. The van der Waals surface area contributed by atoms with Crippen LogP contribution in [0.25, 0.3) is 0 Å². The van der Waals surface area contributed by atoms with Gasteiger partial charge in [-0.25, -0.2) is 4.79 Å². The second-order valence-electron chi connectivity index (χ2n) is 6.92. The molecule has 0 N–H and O–H groups in total. The highest BCUT2D eigenvalue weighted by atomic mass is 16.6. The molecule has 1 amide bonds. The van der Waals surface area contributed by atoms with Crippen LogP contribution in [-0.4, -0.2) is 27.7 Å². The first kappa shape index (κ1) is 14.2. The van der Waals surface area contributed by atoms with Gasteiger partial charge < -0.3 is 14.2 Å². The SMILES string of the molecule is CC(C)(C)OC(=O)N1CCc2ccn(C3CC3)c(=O)c2C1. The van der Waals surface area contributed by atoms with Crippen molar-refractivity contribution in [3.63, 3.8) is 0 Å². The number of hydrogen-bond acceptors (Lipinski definition) is 3. The zero-order valence-electron chi connectivity index (χ0n) is 12.9. The van der Waals surface area contributed by atoms with Gasteiger partial charge in [-0.3, -0.25) is 4.79 Å². The van der Waals surface area contributed by atoms with Gasteiger partial charge in [0.2, 0.25) is 0 Å². The van der Waals surface area contributed by atoms with Gasteiger partial charge >= 0.3 is 6.09 Å². The van der Waals surface area contributed by atoms with E-state index in [-0.39, 0.29) is 11.7 Å². The van der Waals surface area contributed by atoms with E-state index in [4.69, 9.17) is 4.74 Å². The molecular weight excluding hydrogens is 268 g/mol. The van der Waals surface area contributed by atoms with Crippen LogP contribution in [0, 0.1) is 0 Å². The van der Waals surface area contributed by atoms with Crippen molar-refractivity contribution in [2.45, 2.75) is 58.2 Å². The van der Waals surface area contributed by atoms with E-state index in [1.807, 2.05) is 37.6 Å². The van der Waals surface area contributed by atoms with E-state index < -0.39 is 5.60 Å². The molecule has 5 heteroatoms. The van der Waals surface area contributed by atoms with Crippen molar-refractivity contribution in [1.82, 2.24) is 9.47 Å². The lowest BCUT2D eigenvalue weighted by Gasteiger charge is -2.31. The molecule has 1 saturated carbocycles. The number of fused-ring (bicyclic) bond motifs is 1. The molecular formula is C16H22N2O3. The minimum absolute atomic E-state index is 0.0586. The van der Waals surface area contributed by atoms with Crippen molar-refractivity contribution in [3.05, 3.63) is 33.7 Å². The summed E-state index contributed by atoms with van der Waals surface area (Å²) in [5, 5.41) is 0. The summed E-state index contributed by atoms with van der Waals surface area (Å²) in [7, 11) is 0. The highest BCUT2D eigenvalue weighted by molar-refractivity contribution is 5.68. The molecule has 0 atom stereocenters. The Hall–Kier alpha value is -1.78. The smallest absolute Gasteiger partial charge is 0.410 e. The van der Waals surface area contributed by atoms with Crippen molar-refractivity contribution < 1.29 is 9.53 Å². The minimum atomic E-state index is -0.512. The van der Waals surface area contributed by atoms with Gasteiger partial charge in [0.05, 0.1) is 6.54 Å². The largest absolute Gasteiger partial charge is 0.444 e. The van der Waals surface area contributed by atoms with Crippen LogP contribution in [0.15, 0.2) is 17.1 Å². The van der Waals surface area contributed by atoms with E-state index in [9.17, 15) is 9.59 Å². The van der Waals surface area contributed by atoms with E-state index in [0.717, 1.165) is 30.4 Å². The van der Waals surface area contributed by atoms with E-state index in [0.29, 0.717) is 19.1 Å². The third kappa shape index (κ3) is 2.96. The third-order valence-electron chi connectivity index (χ3n) is 3.91. The molecule has 1 aliphatic carbocycles. The zero-order valence-corrected chi connectivity index (χ0v) is 12.9. The lowest BCUT2D eigenvalue weighted by Crippen LogP contribution is -2.42. The lowest BCUT2D eigenvalue weighted by atomic mass is 10.0. The van der Waals surface area contributed by atoms with Crippen LogP contribution in [-0.2, 0) is 17.7 Å². The minimum Gasteiger partial charge on any atom is -0.444 e. The number of pyridine rings is 1. The number of carbonyl (C=O) groups is 1. The number of amides is 1. The fourth-order valence-electron chi connectivity index (χ4n) is 2.68. The maximum Gasteiger partial charge on any atom is 0.410 e. The summed E-state index contributed by atoms with van der Waals surface area (Å²) in [5.74, 6) is 0. The summed E-state index contributed by atoms with van der Waals surface area (Å²) in [5.41, 5.74) is 1.36. The normalized spacial score (nSPS) is 18.3. The molecule has 2 aliphatic rings. The molecule has 1 aromatic heterocycles. The second-order valence-corrected chi connectivity index (χ2v) is 6.92. The van der Waals surface area contributed by atoms with Crippen LogP contribution in [0.1, 0.15) is 50.8 Å². The number of ether oxygens (including phenoxy) is 1. The molecule has 1 fully saturated rings. The number of nitrogens with zero attached hydrogens (tertiary/aromatic N) is 2. The van der Waals surface area contributed by atoms with Crippen LogP contribution >= 0.6 is 0 Å². The molecule has 1 aliphatic heterocycles. The molecule has 2 heterocycles. The molecule has 0 aromatic carbocycles. The van der Waals surface area contributed by atoms with E-state index in [1.54, 1.807) is 4.90 Å². The molecule has 0 radical (unpaired) electrons. The van der Waals surface area contributed by atoms with Crippen molar-refractivity contribution >= 4 is 6.09 Å². The Bertz CT molecular complexity index is 623. The number of carbonyl (C=O) groups excluding carboxylic acids is 1. The van der Waals surface area contributed by atoms with E-state index in [1.165, 1.54) is 0 Å². The predicted octanol–water partition coefficient (Wildman–Crippen LogP) is 2.48. The van der Waals surface area contributed by atoms with Crippen molar-refractivity contribution in [3.8, 4) is 0 Å². The molecule has 0 saturated heterocycles. The average Bonchev–Trinajstić information content (AvgIpc) is 3.21. The van der Waals surface area contributed by atoms with Crippen LogP contribution in [0.3, 0.4) is 0 Å². The first-order valence-electron chi connectivity index (χ1n) is 7.56. The Morgan fingerprint density at radius 2 is 2.05 bits per heavy atom. The van der Waals surface area contributed by atoms with Gasteiger partial charge in [0, 0.05) is 24.3 Å². The van der Waals surface area contributed by atoms with Gasteiger partial charge in [-0.2, -0.15) is 0 Å². The van der Waals surface area contributed by atoms with Gasteiger partial charge in [-0.1, -0.05) is 0 Å². The summed E-state index contributed by atoms with van der Waals surface area (Å²) < 4.78 is 7.22. The fourth-order valence-corrected chi connectivity index (χ4v) is 2.68. The molecule has 0 bridgehead atoms. The number of hydrogen-bond donors (Lipinski definition) is 0. The summed E-state index contributed by atoms with van der Waals surface area (Å²) in [6, 6.07) is 2.39. The summed E-state index contributed by atoms with van der Waals surface area (Å²) in [6.07, 6.45) is 4.44. The van der Waals surface area contributed by atoms with Crippen molar-refractivity contribution in [2.75, 3.05) is 6.54 Å². The molecule has 0 unspecified atom stereocenters. The Balaban J connectivity index is 1.82. The Morgan fingerprint density at radius 3 is 2.67 bits per heavy atom. The van der Waals surface area contributed by atoms with Gasteiger partial charge in [0.15, 0.2) is 0 Å². The van der Waals surface area contributed by atoms with E-state index in [2.05, 4.69) is 0 Å². The van der Waals surface area contributed by atoms with Gasteiger partial charge in [0.25, 0.3) is 5.56 Å². The number of rotatable bonds is 1. The molecule has 114 valence electrons. The van der Waals surface area contributed by atoms with Crippen molar-refractivity contribution in [1.29, 1.82) is 0 Å². The van der Waals surface area contributed by atoms with Crippen LogP contribution in [0.4, 0.5) is 4.79 Å². The van der Waals surface area contributed by atoms with Crippen LogP contribution in [0.2, 0.25) is 0 Å². The monoisotopic (exact) mass is 290 g/mol. The summed E-state index contributed by atoms with van der Waals surface area (Å²) in [4.78, 5) is 26.3. The van der Waals surface area contributed by atoms with Crippen LogP contribution < -0.4 is 5.56 Å². The highest BCUT2D eigenvalue weighted by Crippen LogP contribution is 2.33. The van der Waals surface area contributed by atoms with Crippen molar-refractivity contribution in [2.24, 2.45) is 0 Å². The molecule has 1 aromatic rings. The topological polar surface area (TPSA) is 51.5 Å². The number of aromatic nitrogens is 1. The molecule has 0 spiro atoms. The molecule has 21 heavy (non-hydrogen) atoms. The standard InChI is InChI=1S/C16H22N2O3/c1-16(2,3)21-15(20)17-8-6-11-7-9-18(12-4-5-12)14(19)13(11)10-17/h7,9,12H,4-6,8,10H2,1-3H3. The first-order chi connectivity index (χ1) is 9.85. The van der Waals surface area contributed by atoms with Gasteiger partial charge in [-0.15, -0.1) is 0 Å². The zero-order chi connectivity index (χ0) is 15.2. The van der Waals surface area contributed by atoms with Gasteiger partial charge in [0.1, 0.15) is 5.60 Å². The summed E-state index contributed by atoms with van der Waals surface area (Å²) >= 11 is 0.